The molecule has 0 spiro atoms. The van der Waals surface area contributed by atoms with Crippen molar-refractivity contribution in [2.75, 3.05) is 20.1 Å². The van der Waals surface area contributed by atoms with Gasteiger partial charge in [0.2, 0.25) is 0 Å². The Morgan fingerprint density at radius 2 is 2.00 bits per heavy atom. The maximum atomic E-state index is 3.45. The van der Waals surface area contributed by atoms with Crippen LogP contribution in [0.5, 0.6) is 0 Å². The molecule has 0 aliphatic carbocycles. The number of likely N-dealkylation sites (tertiary alicyclic amines) is 1. The molecule has 0 amide bonds. The Labute approximate surface area is 118 Å². The normalized spacial score (nSPS) is 26.3. The molecule has 1 fully saturated rings. The Bertz CT molecular complexity index is 363. The van der Waals surface area contributed by atoms with Gasteiger partial charge in [0.25, 0.3) is 0 Å². The maximum absolute atomic E-state index is 3.45. The molecule has 0 radical (unpaired) electrons. The first-order chi connectivity index (χ1) is 9.20. The first-order valence-electron chi connectivity index (χ1n) is 7.67. The van der Waals surface area contributed by atoms with E-state index in [0.29, 0.717) is 6.04 Å². The largest absolute Gasteiger partial charge is 0.313 e. The molecular weight excluding hydrogens is 232 g/mol. The van der Waals surface area contributed by atoms with E-state index in [1.165, 1.54) is 37.9 Å². The molecule has 1 N–H and O–H groups in total. The zero-order valence-electron chi connectivity index (χ0n) is 12.6. The number of nitrogens with one attached hydrogen (secondary N) is 1. The third-order valence-corrected chi connectivity index (χ3v) is 4.53. The molecule has 1 aromatic rings. The van der Waals surface area contributed by atoms with Gasteiger partial charge in [0.15, 0.2) is 0 Å². The summed E-state index contributed by atoms with van der Waals surface area (Å²) in [5, 5.41) is 3.45. The number of nitrogens with zero attached hydrogens (tertiary/aromatic N) is 1. The molecule has 1 aromatic carbocycles. The van der Waals surface area contributed by atoms with Crippen molar-refractivity contribution in [2.45, 2.75) is 45.2 Å². The van der Waals surface area contributed by atoms with Gasteiger partial charge in [-0.15, -0.1) is 0 Å². The van der Waals surface area contributed by atoms with E-state index in [1.54, 1.807) is 0 Å². The van der Waals surface area contributed by atoms with Crippen LogP contribution >= 0.6 is 0 Å². The average molecular weight is 260 g/mol. The van der Waals surface area contributed by atoms with Gasteiger partial charge in [-0.1, -0.05) is 37.3 Å². The van der Waals surface area contributed by atoms with Crippen LogP contribution in [0.15, 0.2) is 30.3 Å². The number of piperidine rings is 1. The lowest BCUT2D eigenvalue weighted by Gasteiger charge is -2.37. The highest BCUT2D eigenvalue weighted by Crippen LogP contribution is 2.24. The van der Waals surface area contributed by atoms with Crippen LogP contribution in [0.25, 0.3) is 0 Å². The quantitative estimate of drug-likeness (QED) is 0.872. The molecule has 2 heteroatoms. The number of rotatable bonds is 5. The predicted octanol–water partition coefficient (Wildman–Crippen LogP) is 3.46. The molecule has 1 aliphatic heterocycles. The van der Waals surface area contributed by atoms with E-state index in [2.05, 4.69) is 61.4 Å². The number of hydrogen-bond donors (Lipinski definition) is 1. The summed E-state index contributed by atoms with van der Waals surface area (Å²) < 4.78 is 0. The lowest BCUT2D eigenvalue weighted by Crippen LogP contribution is -2.41. The summed E-state index contributed by atoms with van der Waals surface area (Å²) in [6, 6.07) is 12.0. The zero-order chi connectivity index (χ0) is 13.7. The highest BCUT2D eigenvalue weighted by molar-refractivity contribution is 5.18. The van der Waals surface area contributed by atoms with Crippen molar-refractivity contribution in [3.63, 3.8) is 0 Å². The van der Waals surface area contributed by atoms with E-state index in [4.69, 9.17) is 0 Å². The van der Waals surface area contributed by atoms with Crippen molar-refractivity contribution in [2.24, 2.45) is 5.92 Å². The van der Waals surface area contributed by atoms with E-state index < -0.39 is 0 Å². The first-order valence-corrected chi connectivity index (χ1v) is 7.67. The molecule has 2 rings (SSSR count). The molecule has 0 saturated carbocycles. The van der Waals surface area contributed by atoms with Gasteiger partial charge < -0.3 is 10.2 Å². The van der Waals surface area contributed by atoms with Crippen molar-refractivity contribution in [3.8, 4) is 0 Å². The maximum Gasteiger partial charge on any atom is 0.0329 e. The molecule has 1 heterocycles. The molecule has 106 valence electrons. The highest BCUT2D eigenvalue weighted by atomic mass is 15.2. The van der Waals surface area contributed by atoms with Crippen molar-refractivity contribution in [1.29, 1.82) is 0 Å². The van der Waals surface area contributed by atoms with Gasteiger partial charge >= 0.3 is 0 Å². The SMILES string of the molecule is CNC(CCN1CCC(C)CC1C)c1ccccc1. The minimum absolute atomic E-state index is 0.479. The number of benzene rings is 1. The van der Waals surface area contributed by atoms with Crippen LogP contribution in [0, 0.1) is 5.92 Å². The molecule has 0 aromatic heterocycles. The van der Waals surface area contributed by atoms with Gasteiger partial charge in [-0.25, -0.2) is 0 Å². The minimum Gasteiger partial charge on any atom is -0.313 e. The van der Waals surface area contributed by atoms with Gasteiger partial charge in [-0.05, 0) is 51.3 Å². The zero-order valence-corrected chi connectivity index (χ0v) is 12.6. The van der Waals surface area contributed by atoms with Crippen molar-refractivity contribution in [3.05, 3.63) is 35.9 Å². The van der Waals surface area contributed by atoms with Crippen LogP contribution in [-0.2, 0) is 0 Å². The van der Waals surface area contributed by atoms with E-state index in [0.717, 1.165) is 12.0 Å². The van der Waals surface area contributed by atoms with Gasteiger partial charge in [0.1, 0.15) is 0 Å². The van der Waals surface area contributed by atoms with Crippen molar-refractivity contribution >= 4 is 0 Å². The topological polar surface area (TPSA) is 15.3 Å². The molecule has 19 heavy (non-hydrogen) atoms. The molecule has 0 bridgehead atoms. The molecule has 3 unspecified atom stereocenters. The first kappa shape index (κ1) is 14.5. The van der Waals surface area contributed by atoms with Gasteiger partial charge in [0.05, 0.1) is 0 Å². The standard InChI is InChI=1S/C17H28N2/c1-14-9-11-19(15(2)13-14)12-10-17(18-3)16-7-5-4-6-8-16/h4-8,14-15,17-18H,9-13H2,1-3H3. The van der Waals surface area contributed by atoms with Crippen LogP contribution < -0.4 is 5.32 Å². The number of hydrogen-bond acceptors (Lipinski definition) is 2. The van der Waals surface area contributed by atoms with E-state index in [1.807, 2.05) is 0 Å². The summed E-state index contributed by atoms with van der Waals surface area (Å²) in [5.41, 5.74) is 1.41. The third-order valence-electron chi connectivity index (χ3n) is 4.53. The second-order valence-electron chi connectivity index (χ2n) is 6.06. The van der Waals surface area contributed by atoms with Crippen LogP contribution in [0.3, 0.4) is 0 Å². The van der Waals surface area contributed by atoms with E-state index in [-0.39, 0.29) is 0 Å². The summed E-state index contributed by atoms with van der Waals surface area (Å²) in [6.07, 6.45) is 3.91. The molecule has 1 aliphatic rings. The van der Waals surface area contributed by atoms with Crippen LogP contribution in [0.2, 0.25) is 0 Å². The summed E-state index contributed by atoms with van der Waals surface area (Å²) in [4.78, 5) is 2.66. The van der Waals surface area contributed by atoms with Crippen molar-refractivity contribution < 1.29 is 0 Å². The van der Waals surface area contributed by atoms with Gasteiger partial charge in [-0.3, -0.25) is 0 Å². The summed E-state index contributed by atoms with van der Waals surface area (Å²) in [5.74, 6) is 0.903. The predicted molar refractivity (Wildman–Crippen MR) is 82.3 cm³/mol. The Hall–Kier alpha value is -0.860. The molecular formula is C17H28N2. The second kappa shape index (κ2) is 7.06. The second-order valence-corrected chi connectivity index (χ2v) is 6.06. The van der Waals surface area contributed by atoms with Gasteiger partial charge in [-0.2, -0.15) is 0 Å². The summed E-state index contributed by atoms with van der Waals surface area (Å²) in [6.45, 7) is 7.24. The fourth-order valence-corrected chi connectivity index (χ4v) is 3.25. The highest BCUT2D eigenvalue weighted by Gasteiger charge is 2.23. The summed E-state index contributed by atoms with van der Waals surface area (Å²) in [7, 11) is 2.07. The Balaban J connectivity index is 1.86. The Morgan fingerprint density at radius 3 is 2.63 bits per heavy atom. The monoisotopic (exact) mass is 260 g/mol. The van der Waals surface area contributed by atoms with Crippen molar-refractivity contribution in [1.82, 2.24) is 10.2 Å². The fourth-order valence-electron chi connectivity index (χ4n) is 3.25. The Morgan fingerprint density at radius 1 is 1.26 bits per heavy atom. The lowest BCUT2D eigenvalue weighted by atomic mass is 9.93. The van der Waals surface area contributed by atoms with Gasteiger partial charge in [0, 0.05) is 18.6 Å². The van der Waals surface area contributed by atoms with Crippen LogP contribution in [-0.4, -0.2) is 31.1 Å². The third kappa shape index (κ3) is 4.05. The smallest absolute Gasteiger partial charge is 0.0329 e. The summed E-state index contributed by atoms with van der Waals surface area (Å²) >= 11 is 0. The fraction of sp³-hybridized carbons (Fsp3) is 0.647. The van der Waals surface area contributed by atoms with E-state index in [9.17, 15) is 0 Å². The molecule has 1 saturated heterocycles. The van der Waals surface area contributed by atoms with Crippen LogP contribution in [0.4, 0.5) is 0 Å². The van der Waals surface area contributed by atoms with Crippen LogP contribution in [0.1, 0.15) is 44.7 Å². The van der Waals surface area contributed by atoms with E-state index >= 15 is 0 Å². The Kier molecular flexibility index (Phi) is 5.41. The lowest BCUT2D eigenvalue weighted by molar-refractivity contribution is 0.124. The minimum atomic E-state index is 0.479. The molecule has 3 atom stereocenters. The average Bonchev–Trinajstić information content (AvgIpc) is 2.43. The molecule has 2 nitrogen and oxygen atoms in total.